The summed E-state index contributed by atoms with van der Waals surface area (Å²) in [4.78, 5) is 16.9. The highest BCUT2D eigenvalue weighted by Crippen LogP contribution is 1.92. The van der Waals surface area contributed by atoms with Crippen LogP contribution in [0.1, 0.15) is 24.5 Å². The molecule has 7 heteroatoms. The Balaban J connectivity index is 1.38. The highest BCUT2D eigenvalue weighted by Gasteiger charge is 1.99. The fourth-order valence-corrected chi connectivity index (χ4v) is 2.26. The van der Waals surface area contributed by atoms with E-state index in [0.29, 0.717) is 0 Å². The van der Waals surface area contributed by atoms with Gasteiger partial charge in [0.2, 0.25) is 0 Å². The Morgan fingerprint density at radius 1 is 0.909 bits per heavy atom. The Morgan fingerprint density at radius 3 is 1.82 bits per heavy atom. The highest BCUT2D eigenvalue weighted by atomic mass is 15.1. The fourth-order valence-electron chi connectivity index (χ4n) is 2.26. The zero-order valence-corrected chi connectivity index (χ0v) is 13.3. The number of nitrogens with one attached hydrogen (secondary N) is 4. The van der Waals surface area contributed by atoms with E-state index in [1.165, 1.54) is 0 Å². The molecule has 122 valence electrons. The van der Waals surface area contributed by atoms with Gasteiger partial charge in [0, 0.05) is 24.8 Å². The van der Waals surface area contributed by atoms with Gasteiger partial charge in [0.1, 0.15) is 11.6 Å². The highest BCUT2D eigenvalue weighted by molar-refractivity contribution is 4.86. The molecule has 2 aromatic heterocycles. The minimum absolute atomic E-state index is 0.813. The molecule has 0 bridgehead atoms. The smallest absolute Gasteiger partial charge is 0.120 e. The van der Waals surface area contributed by atoms with E-state index in [1.807, 2.05) is 12.4 Å². The molecule has 7 nitrogen and oxygen atoms in total. The maximum absolute atomic E-state index is 4.18. The third-order valence-corrected chi connectivity index (χ3v) is 3.48. The summed E-state index contributed by atoms with van der Waals surface area (Å²) >= 11 is 0. The molecule has 0 spiro atoms. The van der Waals surface area contributed by atoms with Gasteiger partial charge >= 0.3 is 0 Å². The Hall–Kier alpha value is -1.70. The number of nitrogens with zero attached hydrogens (tertiary/aromatic N) is 3. The third-order valence-electron chi connectivity index (χ3n) is 3.48. The van der Waals surface area contributed by atoms with Gasteiger partial charge in [-0.2, -0.15) is 0 Å². The van der Waals surface area contributed by atoms with Crippen molar-refractivity contribution in [2.24, 2.45) is 0 Å². The molecule has 0 aliphatic rings. The first kappa shape index (κ1) is 16.7. The lowest BCUT2D eigenvalue weighted by molar-refractivity contribution is 0.319. The number of aromatic amines is 2. The van der Waals surface area contributed by atoms with E-state index in [0.717, 1.165) is 63.8 Å². The van der Waals surface area contributed by atoms with Gasteiger partial charge in [-0.05, 0) is 46.1 Å². The van der Waals surface area contributed by atoms with Crippen LogP contribution in [0.15, 0.2) is 24.8 Å². The number of H-pyrrole nitrogens is 2. The summed E-state index contributed by atoms with van der Waals surface area (Å²) < 4.78 is 0. The summed E-state index contributed by atoms with van der Waals surface area (Å²) in [6.45, 7) is 5.89. The first-order valence-electron chi connectivity index (χ1n) is 7.91. The Bertz CT molecular complexity index is 422. The van der Waals surface area contributed by atoms with E-state index in [1.54, 1.807) is 12.4 Å². The molecule has 0 aromatic carbocycles. The summed E-state index contributed by atoms with van der Waals surface area (Å²) in [5.74, 6) is 1.99. The fraction of sp³-hybridized carbons (Fsp3) is 0.600. The van der Waals surface area contributed by atoms with E-state index in [4.69, 9.17) is 0 Å². The molecular weight excluding hydrogens is 278 g/mol. The molecule has 4 N–H and O–H groups in total. The normalized spacial score (nSPS) is 11.4. The van der Waals surface area contributed by atoms with Crippen LogP contribution < -0.4 is 10.6 Å². The van der Waals surface area contributed by atoms with Crippen LogP contribution in [0.5, 0.6) is 0 Å². The summed E-state index contributed by atoms with van der Waals surface area (Å²) in [7, 11) is 2.18. The van der Waals surface area contributed by atoms with Gasteiger partial charge < -0.3 is 25.5 Å². The molecule has 0 fully saturated rings. The molecule has 0 atom stereocenters. The summed E-state index contributed by atoms with van der Waals surface area (Å²) in [5.41, 5.74) is 0. The molecule has 0 radical (unpaired) electrons. The molecule has 2 rings (SSSR count). The number of imidazole rings is 2. The van der Waals surface area contributed by atoms with Crippen molar-refractivity contribution in [1.82, 2.24) is 35.5 Å². The Morgan fingerprint density at radius 2 is 1.41 bits per heavy atom. The quantitative estimate of drug-likeness (QED) is 0.434. The van der Waals surface area contributed by atoms with Crippen LogP contribution >= 0.6 is 0 Å². The van der Waals surface area contributed by atoms with Crippen LogP contribution in [-0.2, 0) is 13.1 Å². The number of aromatic nitrogens is 4. The molecule has 0 saturated carbocycles. The van der Waals surface area contributed by atoms with E-state index < -0.39 is 0 Å². The minimum atomic E-state index is 0.813. The van der Waals surface area contributed by atoms with Gasteiger partial charge in [0.05, 0.1) is 13.1 Å². The largest absolute Gasteiger partial charge is 0.348 e. The SMILES string of the molecule is CN(CCCNCc1ncc[nH]1)CCCNCc1ncc[nH]1. The summed E-state index contributed by atoms with van der Waals surface area (Å²) in [5, 5.41) is 6.78. The van der Waals surface area contributed by atoms with Crippen molar-refractivity contribution < 1.29 is 0 Å². The summed E-state index contributed by atoms with van der Waals surface area (Å²) in [6, 6.07) is 0. The Kier molecular flexibility index (Phi) is 7.65. The van der Waals surface area contributed by atoms with Crippen molar-refractivity contribution in [3.63, 3.8) is 0 Å². The maximum atomic E-state index is 4.18. The van der Waals surface area contributed by atoms with Gasteiger partial charge in [-0.25, -0.2) is 9.97 Å². The third kappa shape index (κ3) is 6.84. The average molecular weight is 305 g/mol. The van der Waals surface area contributed by atoms with Crippen molar-refractivity contribution in [2.75, 3.05) is 33.2 Å². The molecule has 0 saturated heterocycles. The van der Waals surface area contributed by atoms with E-state index in [-0.39, 0.29) is 0 Å². The van der Waals surface area contributed by atoms with Crippen molar-refractivity contribution in [3.8, 4) is 0 Å². The van der Waals surface area contributed by atoms with Gasteiger partial charge in [-0.15, -0.1) is 0 Å². The molecule has 2 aromatic rings. The van der Waals surface area contributed by atoms with E-state index in [2.05, 4.69) is 42.5 Å². The van der Waals surface area contributed by atoms with Crippen molar-refractivity contribution in [2.45, 2.75) is 25.9 Å². The standard InChI is InChI=1S/C15H27N7/c1-22(10-2-4-16-12-14-18-6-7-19-14)11-3-5-17-13-15-20-8-9-21-15/h6-9,16-17H,2-5,10-13H2,1H3,(H,18,19)(H,20,21). The predicted octanol–water partition coefficient (Wildman–Crippen LogP) is 0.724. The van der Waals surface area contributed by atoms with E-state index in [9.17, 15) is 0 Å². The topological polar surface area (TPSA) is 84.7 Å². The van der Waals surface area contributed by atoms with Crippen LogP contribution in [-0.4, -0.2) is 58.1 Å². The van der Waals surface area contributed by atoms with Crippen LogP contribution in [0.25, 0.3) is 0 Å². The molecule has 0 amide bonds. The number of rotatable bonds is 12. The second kappa shape index (κ2) is 10.1. The first-order chi connectivity index (χ1) is 10.8. The zero-order valence-electron chi connectivity index (χ0n) is 13.3. The molecule has 22 heavy (non-hydrogen) atoms. The second-order valence-corrected chi connectivity index (χ2v) is 5.44. The average Bonchev–Trinajstić information content (AvgIpc) is 3.19. The van der Waals surface area contributed by atoms with E-state index >= 15 is 0 Å². The molecule has 0 aliphatic heterocycles. The summed E-state index contributed by atoms with van der Waals surface area (Å²) in [6.07, 6.45) is 9.57. The lowest BCUT2D eigenvalue weighted by Gasteiger charge is -2.16. The van der Waals surface area contributed by atoms with Crippen LogP contribution in [0.3, 0.4) is 0 Å². The minimum Gasteiger partial charge on any atom is -0.348 e. The van der Waals surface area contributed by atoms with Crippen LogP contribution in [0, 0.1) is 0 Å². The number of hydrogen-bond acceptors (Lipinski definition) is 5. The van der Waals surface area contributed by atoms with Gasteiger partial charge in [-0.1, -0.05) is 0 Å². The van der Waals surface area contributed by atoms with Crippen LogP contribution in [0.4, 0.5) is 0 Å². The van der Waals surface area contributed by atoms with Crippen LogP contribution in [0.2, 0.25) is 0 Å². The molecular formula is C15H27N7. The molecule has 0 aliphatic carbocycles. The van der Waals surface area contributed by atoms with Gasteiger partial charge in [-0.3, -0.25) is 0 Å². The monoisotopic (exact) mass is 305 g/mol. The van der Waals surface area contributed by atoms with Gasteiger partial charge in [0.25, 0.3) is 0 Å². The van der Waals surface area contributed by atoms with Gasteiger partial charge in [0.15, 0.2) is 0 Å². The Labute approximate surface area is 131 Å². The zero-order chi connectivity index (χ0) is 15.5. The molecule has 0 unspecified atom stereocenters. The predicted molar refractivity (Wildman–Crippen MR) is 87.3 cm³/mol. The first-order valence-corrected chi connectivity index (χ1v) is 7.91. The van der Waals surface area contributed by atoms with Crippen molar-refractivity contribution in [3.05, 3.63) is 36.4 Å². The molecule has 2 heterocycles. The number of hydrogen-bond donors (Lipinski definition) is 4. The van der Waals surface area contributed by atoms with Crippen molar-refractivity contribution in [1.29, 1.82) is 0 Å². The maximum Gasteiger partial charge on any atom is 0.120 e. The second-order valence-electron chi connectivity index (χ2n) is 5.44. The van der Waals surface area contributed by atoms with Crippen molar-refractivity contribution >= 4 is 0 Å². The lowest BCUT2D eigenvalue weighted by Crippen LogP contribution is -2.27. The lowest BCUT2D eigenvalue weighted by atomic mass is 10.3.